The molecule has 2 N–H and O–H groups in total. The number of carbonyl (C=O) groups is 1. The Balaban J connectivity index is 2.65. The standard InChI is InChI=1S/C18H35NO2/c1-16(2,3)13(10-11-19)8-9-15(20)14-12-17(4,5)21-18(14,6)7/h13-14H,8-12,19H2,1-7H3. The molecule has 0 aromatic carbocycles. The first-order chi connectivity index (χ1) is 9.39. The summed E-state index contributed by atoms with van der Waals surface area (Å²) >= 11 is 0. The van der Waals surface area contributed by atoms with Gasteiger partial charge in [0.25, 0.3) is 0 Å². The van der Waals surface area contributed by atoms with Gasteiger partial charge in [-0.25, -0.2) is 0 Å². The van der Waals surface area contributed by atoms with E-state index >= 15 is 0 Å². The van der Waals surface area contributed by atoms with Gasteiger partial charge in [0, 0.05) is 12.3 Å². The van der Waals surface area contributed by atoms with Crippen molar-refractivity contribution in [3.8, 4) is 0 Å². The average molecular weight is 297 g/mol. The highest BCUT2D eigenvalue weighted by Crippen LogP contribution is 2.43. The number of rotatable bonds is 6. The Morgan fingerprint density at radius 2 is 1.81 bits per heavy atom. The van der Waals surface area contributed by atoms with Crippen molar-refractivity contribution < 1.29 is 9.53 Å². The maximum Gasteiger partial charge on any atom is 0.138 e. The lowest BCUT2D eigenvalue weighted by Crippen LogP contribution is -2.34. The molecule has 0 spiro atoms. The summed E-state index contributed by atoms with van der Waals surface area (Å²) in [6.45, 7) is 15.7. The summed E-state index contributed by atoms with van der Waals surface area (Å²) in [6, 6.07) is 0. The van der Waals surface area contributed by atoms with Crippen LogP contribution in [0.3, 0.4) is 0 Å². The van der Waals surface area contributed by atoms with Crippen LogP contribution in [0, 0.1) is 17.3 Å². The highest BCUT2D eigenvalue weighted by molar-refractivity contribution is 5.82. The second kappa shape index (κ2) is 6.37. The van der Waals surface area contributed by atoms with Crippen LogP contribution in [-0.2, 0) is 9.53 Å². The summed E-state index contributed by atoms with van der Waals surface area (Å²) in [5.74, 6) is 0.882. The number of ether oxygens (including phenoxy) is 1. The zero-order chi connectivity index (χ0) is 16.5. The van der Waals surface area contributed by atoms with Crippen molar-refractivity contribution in [1.82, 2.24) is 0 Å². The van der Waals surface area contributed by atoms with Crippen molar-refractivity contribution in [3.05, 3.63) is 0 Å². The van der Waals surface area contributed by atoms with Crippen LogP contribution in [-0.4, -0.2) is 23.5 Å². The topological polar surface area (TPSA) is 52.3 Å². The van der Waals surface area contributed by atoms with Crippen molar-refractivity contribution in [3.63, 3.8) is 0 Å². The molecule has 1 fully saturated rings. The molecule has 0 saturated carbocycles. The molecule has 1 rings (SSSR count). The summed E-state index contributed by atoms with van der Waals surface area (Å²) in [5, 5.41) is 0. The maximum absolute atomic E-state index is 12.7. The van der Waals surface area contributed by atoms with Gasteiger partial charge in [-0.3, -0.25) is 4.79 Å². The van der Waals surface area contributed by atoms with E-state index in [-0.39, 0.29) is 22.5 Å². The van der Waals surface area contributed by atoms with E-state index < -0.39 is 0 Å². The van der Waals surface area contributed by atoms with E-state index in [9.17, 15) is 4.79 Å². The number of hydrogen-bond donors (Lipinski definition) is 1. The third-order valence-electron chi connectivity index (χ3n) is 4.94. The zero-order valence-electron chi connectivity index (χ0n) is 15.1. The number of ketones is 1. The quantitative estimate of drug-likeness (QED) is 0.808. The predicted molar refractivity (Wildman–Crippen MR) is 88.2 cm³/mol. The summed E-state index contributed by atoms with van der Waals surface area (Å²) in [6.07, 6.45) is 3.41. The van der Waals surface area contributed by atoms with Gasteiger partial charge in [0.05, 0.1) is 11.2 Å². The Kier molecular flexibility index (Phi) is 5.66. The molecule has 21 heavy (non-hydrogen) atoms. The fourth-order valence-corrected chi connectivity index (χ4v) is 3.77. The van der Waals surface area contributed by atoms with Crippen LogP contribution in [0.25, 0.3) is 0 Å². The number of carbonyl (C=O) groups excluding carboxylic acids is 1. The van der Waals surface area contributed by atoms with Crippen LogP contribution < -0.4 is 5.73 Å². The monoisotopic (exact) mass is 297 g/mol. The third-order valence-corrected chi connectivity index (χ3v) is 4.94. The lowest BCUT2D eigenvalue weighted by molar-refractivity contribution is -0.129. The molecular formula is C18H35NO2. The van der Waals surface area contributed by atoms with Crippen LogP contribution in [0.15, 0.2) is 0 Å². The molecule has 1 heterocycles. The molecule has 124 valence electrons. The minimum absolute atomic E-state index is 0.0194. The molecule has 0 aromatic rings. The van der Waals surface area contributed by atoms with E-state index in [2.05, 4.69) is 34.6 Å². The van der Waals surface area contributed by atoms with E-state index in [0.29, 0.717) is 24.7 Å². The highest BCUT2D eigenvalue weighted by Gasteiger charge is 2.48. The van der Waals surface area contributed by atoms with Gasteiger partial charge in [0.2, 0.25) is 0 Å². The Morgan fingerprint density at radius 1 is 1.24 bits per heavy atom. The van der Waals surface area contributed by atoms with Crippen LogP contribution >= 0.6 is 0 Å². The number of Topliss-reactive ketones (excluding diaryl/α,β-unsaturated/α-hetero) is 1. The maximum atomic E-state index is 12.7. The van der Waals surface area contributed by atoms with Crippen molar-refractivity contribution in [2.45, 2.75) is 85.4 Å². The van der Waals surface area contributed by atoms with Crippen molar-refractivity contribution in [2.24, 2.45) is 23.0 Å². The summed E-state index contributed by atoms with van der Waals surface area (Å²) < 4.78 is 6.05. The van der Waals surface area contributed by atoms with Crippen LogP contribution in [0.1, 0.15) is 74.1 Å². The molecule has 3 nitrogen and oxygen atoms in total. The minimum atomic E-state index is -0.342. The molecule has 0 radical (unpaired) electrons. The predicted octanol–water partition coefficient (Wildman–Crippen LogP) is 3.94. The van der Waals surface area contributed by atoms with Crippen LogP contribution in [0.4, 0.5) is 0 Å². The molecular weight excluding hydrogens is 262 g/mol. The van der Waals surface area contributed by atoms with Crippen molar-refractivity contribution >= 4 is 5.78 Å². The van der Waals surface area contributed by atoms with E-state index in [4.69, 9.17) is 10.5 Å². The zero-order valence-corrected chi connectivity index (χ0v) is 15.1. The lowest BCUT2D eigenvalue weighted by Gasteiger charge is -2.31. The van der Waals surface area contributed by atoms with Crippen molar-refractivity contribution in [1.29, 1.82) is 0 Å². The Labute approximate surface area is 131 Å². The summed E-state index contributed by atoms with van der Waals surface area (Å²) in [4.78, 5) is 12.7. The lowest BCUT2D eigenvalue weighted by atomic mass is 9.74. The first-order valence-electron chi connectivity index (χ1n) is 8.32. The fourth-order valence-electron chi connectivity index (χ4n) is 3.77. The second-order valence-corrected chi connectivity index (χ2v) is 8.87. The largest absolute Gasteiger partial charge is 0.369 e. The van der Waals surface area contributed by atoms with Gasteiger partial charge >= 0.3 is 0 Å². The molecule has 0 aliphatic carbocycles. The van der Waals surface area contributed by atoms with Gasteiger partial charge in [-0.1, -0.05) is 20.8 Å². The first kappa shape index (κ1) is 18.6. The second-order valence-electron chi connectivity index (χ2n) is 8.87. The smallest absolute Gasteiger partial charge is 0.138 e. The van der Waals surface area contributed by atoms with Gasteiger partial charge in [0.1, 0.15) is 5.78 Å². The SMILES string of the molecule is CC1(C)CC(C(=O)CCC(CCN)C(C)(C)C)C(C)(C)O1. The summed E-state index contributed by atoms with van der Waals surface area (Å²) in [7, 11) is 0. The molecule has 2 atom stereocenters. The van der Waals surface area contributed by atoms with Crippen LogP contribution in [0.5, 0.6) is 0 Å². The number of hydrogen-bond acceptors (Lipinski definition) is 3. The highest BCUT2D eigenvalue weighted by atomic mass is 16.5. The Bertz CT molecular complexity index is 366. The summed E-state index contributed by atoms with van der Waals surface area (Å²) in [5.41, 5.74) is 5.41. The van der Waals surface area contributed by atoms with E-state index in [1.54, 1.807) is 0 Å². The molecule has 0 bridgehead atoms. The van der Waals surface area contributed by atoms with Crippen molar-refractivity contribution in [2.75, 3.05) is 6.54 Å². The van der Waals surface area contributed by atoms with Gasteiger partial charge in [-0.2, -0.15) is 0 Å². The Morgan fingerprint density at radius 3 is 2.19 bits per heavy atom. The van der Waals surface area contributed by atoms with E-state index in [1.807, 2.05) is 13.8 Å². The van der Waals surface area contributed by atoms with Gasteiger partial charge in [-0.15, -0.1) is 0 Å². The molecule has 2 unspecified atom stereocenters. The fraction of sp³-hybridized carbons (Fsp3) is 0.944. The van der Waals surface area contributed by atoms with E-state index in [0.717, 1.165) is 19.3 Å². The van der Waals surface area contributed by atoms with Gasteiger partial charge < -0.3 is 10.5 Å². The van der Waals surface area contributed by atoms with Crippen LogP contribution in [0.2, 0.25) is 0 Å². The Hall–Kier alpha value is -0.410. The average Bonchev–Trinajstić information content (AvgIpc) is 2.50. The molecule has 0 amide bonds. The normalized spacial score (nSPS) is 25.8. The molecule has 1 aliphatic heterocycles. The van der Waals surface area contributed by atoms with Gasteiger partial charge in [-0.05, 0) is 64.8 Å². The number of nitrogens with two attached hydrogens (primary N) is 1. The molecule has 1 aliphatic rings. The minimum Gasteiger partial charge on any atom is -0.369 e. The third kappa shape index (κ3) is 5.07. The van der Waals surface area contributed by atoms with E-state index in [1.165, 1.54) is 0 Å². The molecule has 3 heteroatoms. The van der Waals surface area contributed by atoms with Gasteiger partial charge in [0.15, 0.2) is 0 Å². The molecule has 0 aromatic heterocycles. The molecule has 1 saturated heterocycles. The first-order valence-corrected chi connectivity index (χ1v) is 8.32.